The van der Waals surface area contributed by atoms with E-state index in [0.717, 1.165) is 29.5 Å². The average molecular weight is 411 g/mol. The lowest BCUT2D eigenvalue weighted by Gasteiger charge is -2.17. The van der Waals surface area contributed by atoms with Crippen LogP contribution in [0, 0.1) is 0 Å². The van der Waals surface area contributed by atoms with Gasteiger partial charge in [0, 0.05) is 23.2 Å². The fourth-order valence-electron chi connectivity index (χ4n) is 3.29. The maximum atomic E-state index is 12.7. The Hall–Kier alpha value is -3.13. The third-order valence-corrected chi connectivity index (χ3v) is 5.64. The van der Waals surface area contributed by atoms with E-state index in [0.29, 0.717) is 28.5 Å². The van der Waals surface area contributed by atoms with Crippen molar-refractivity contribution < 1.29 is 19.0 Å². The molecular weight excluding hydrogens is 390 g/mol. The first-order valence-corrected chi connectivity index (χ1v) is 9.93. The molecule has 1 amide bonds. The van der Waals surface area contributed by atoms with Crippen LogP contribution in [0.4, 0.5) is 5.69 Å². The van der Waals surface area contributed by atoms with E-state index in [9.17, 15) is 4.79 Å². The summed E-state index contributed by atoms with van der Waals surface area (Å²) < 4.78 is 15.9. The summed E-state index contributed by atoms with van der Waals surface area (Å²) in [6.45, 7) is 1.75. The summed E-state index contributed by atoms with van der Waals surface area (Å²) in [6, 6.07) is 11.0. The number of amidine groups is 1. The van der Waals surface area contributed by atoms with Crippen molar-refractivity contribution in [1.29, 1.82) is 0 Å². The number of rotatable bonds is 6. The van der Waals surface area contributed by atoms with Gasteiger partial charge in [-0.05, 0) is 29.8 Å². The number of carbonyl (C=O) groups is 1. The molecule has 2 aliphatic rings. The quantitative estimate of drug-likeness (QED) is 0.782. The standard InChI is InChI=1S/C21H21N3O4S/c1-26-17-10-14(11-18(27-2)19(17)28-3)20(25)23-15-6-4-13(5-7-15)16-12-29-21-22-8-9-24(16)21/h4-7,10-12H,8-9H2,1-3H3,(H,23,25). The zero-order chi connectivity index (χ0) is 20.4. The minimum Gasteiger partial charge on any atom is -0.493 e. The van der Waals surface area contributed by atoms with E-state index in [2.05, 4.69) is 20.6 Å². The SMILES string of the molecule is COc1cc(C(=O)Nc2ccc(C3=CSC4=NCCN34)cc2)cc(OC)c1OC. The second-order valence-electron chi connectivity index (χ2n) is 6.38. The van der Waals surface area contributed by atoms with Gasteiger partial charge in [-0.1, -0.05) is 23.9 Å². The highest BCUT2D eigenvalue weighted by molar-refractivity contribution is 8.16. The minimum absolute atomic E-state index is 0.262. The molecule has 0 aromatic heterocycles. The van der Waals surface area contributed by atoms with Crippen molar-refractivity contribution in [2.75, 3.05) is 39.7 Å². The van der Waals surface area contributed by atoms with Crippen LogP contribution in [0.15, 0.2) is 46.8 Å². The van der Waals surface area contributed by atoms with Gasteiger partial charge in [0.25, 0.3) is 5.91 Å². The van der Waals surface area contributed by atoms with E-state index in [1.807, 2.05) is 24.3 Å². The lowest BCUT2D eigenvalue weighted by Crippen LogP contribution is -2.19. The number of methoxy groups -OCH3 is 3. The second-order valence-corrected chi connectivity index (χ2v) is 7.22. The van der Waals surface area contributed by atoms with Crippen molar-refractivity contribution in [3.8, 4) is 17.2 Å². The fourth-order valence-corrected chi connectivity index (χ4v) is 4.25. The molecule has 2 aliphatic heterocycles. The molecule has 0 saturated carbocycles. The third kappa shape index (κ3) is 3.63. The van der Waals surface area contributed by atoms with Crippen LogP contribution in [0.1, 0.15) is 15.9 Å². The van der Waals surface area contributed by atoms with Crippen LogP contribution in [0.25, 0.3) is 5.70 Å². The van der Waals surface area contributed by atoms with Gasteiger partial charge in [-0.15, -0.1) is 0 Å². The minimum atomic E-state index is -0.262. The molecule has 1 N–H and O–H groups in total. The van der Waals surface area contributed by atoms with Gasteiger partial charge < -0.3 is 24.4 Å². The van der Waals surface area contributed by atoms with Gasteiger partial charge in [-0.3, -0.25) is 9.79 Å². The van der Waals surface area contributed by atoms with Crippen molar-refractivity contribution in [3.05, 3.63) is 52.9 Å². The van der Waals surface area contributed by atoms with Crippen LogP contribution in [0.2, 0.25) is 0 Å². The summed E-state index contributed by atoms with van der Waals surface area (Å²) >= 11 is 1.65. The number of hydrogen-bond acceptors (Lipinski definition) is 7. The molecule has 0 saturated heterocycles. The number of amides is 1. The first-order chi connectivity index (χ1) is 14.1. The van der Waals surface area contributed by atoms with Crippen LogP contribution in [0.5, 0.6) is 17.2 Å². The van der Waals surface area contributed by atoms with Crippen LogP contribution in [-0.2, 0) is 0 Å². The molecule has 0 fully saturated rings. The lowest BCUT2D eigenvalue weighted by atomic mass is 10.1. The Morgan fingerprint density at radius 2 is 1.76 bits per heavy atom. The van der Waals surface area contributed by atoms with Gasteiger partial charge in [-0.25, -0.2) is 0 Å². The molecule has 4 rings (SSSR count). The number of carbonyl (C=O) groups excluding carboxylic acids is 1. The smallest absolute Gasteiger partial charge is 0.255 e. The predicted octanol–water partition coefficient (Wildman–Crippen LogP) is 3.68. The molecule has 0 radical (unpaired) electrons. The molecule has 0 spiro atoms. The molecule has 0 aliphatic carbocycles. The monoisotopic (exact) mass is 411 g/mol. The molecule has 150 valence electrons. The van der Waals surface area contributed by atoms with Crippen LogP contribution in [0.3, 0.4) is 0 Å². The number of benzene rings is 2. The van der Waals surface area contributed by atoms with Gasteiger partial charge in [0.05, 0.1) is 33.6 Å². The van der Waals surface area contributed by atoms with E-state index in [1.54, 1.807) is 23.9 Å². The second kappa shape index (κ2) is 8.08. The van der Waals surface area contributed by atoms with E-state index in [1.165, 1.54) is 21.3 Å². The van der Waals surface area contributed by atoms with Gasteiger partial charge in [-0.2, -0.15) is 0 Å². The number of fused-ring (bicyclic) bond motifs is 1. The van der Waals surface area contributed by atoms with Gasteiger partial charge in [0.2, 0.25) is 5.75 Å². The molecular formula is C21H21N3O4S. The molecule has 2 heterocycles. The maximum absolute atomic E-state index is 12.7. The Morgan fingerprint density at radius 3 is 2.38 bits per heavy atom. The van der Waals surface area contributed by atoms with Crippen LogP contribution < -0.4 is 19.5 Å². The molecule has 8 heteroatoms. The third-order valence-electron chi connectivity index (χ3n) is 4.73. The van der Waals surface area contributed by atoms with E-state index in [4.69, 9.17) is 14.2 Å². The number of ether oxygens (including phenoxy) is 3. The van der Waals surface area contributed by atoms with Crippen molar-refractivity contribution in [2.45, 2.75) is 0 Å². The Morgan fingerprint density at radius 1 is 1.07 bits per heavy atom. The van der Waals surface area contributed by atoms with Crippen molar-refractivity contribution in [3.63, 3.8) is 0 Å². The number of anilines is 1. The highest BCUT2D eigenvalue weighted by atomic mass is 32.2. The Bertz CT molecular complexity index is 976. The van der Waals surface area contributed by atoms with E-state index < -0.39 is 0 Å². The summed E-state index contributed by atoms with van der Waals surface area (Å²) in [4.78, 5) is 19.4. The van der Waals surface area contributed by atoms with Crippen molar-refractivity contribution in [2.24, 2.45) is 4.99 Å². The first-order valence-electron chi connectivity index (χ1n) is 9.05. The number of thioether (sulfide) groups is 1. The maximum Gasteiger partial charge on any atom is 0.255 e. The normalized spacial score (nSPS) is 14.8. The van der Waals surface area contributed by atoms with E-state index in [-0.39, 0.29) is 5.91 Å². The molecule has 2 aromatic carbocycles. The fraction of sp³-hybridized carbons (Fsp3) is 0.238. The van der Waals surface area contributed by atoms with Gasteiger partial charge >= 0.3 is 0 Å². The highest BCUT2D eigenvalue weighted by Crippen LogP contribution is 2.38. The summed E-state index contributed by atoms with van der Waals surface area (Å²) in [6.07, 6.45) is 0. The Kier molecular flexibility index (Phi) is 5.35. The number of aliphatic imine (C=N–C) groups is 1. The summed E-state index contributed by atoms with van der Waals surface area (Å²) in [5, 5.41) is 6.08. The molecule has 0 atom stereocenters. The number of hydrogen-bond donors (Lipinski definition) is 1. The molecule has 7 nitrogen and oxygen atoms in total. The largest absolute Gasteiger partial charge is 0.493 e. The number of nitrogens with zero attached hydrogens (tertiary/aromatic N) is 2. The molecule has 0 bridgehead atoms. The molecule has 29 heavy (non-hydrogen) atoms. The van der Waals surface area contributed by atoms with Gasteiger partial charge in [0.1, 0.15) is 0 Å². The van der Waals surface area contributed by atoms with Crippen LogP contribution in [-0.4, -0.2) is 50.4 Å². The number of nitrogens with one attached hydrogen (secondary N) is 1. The topological polar surface area (TPSA) is 72.4 Å². The van der Waals surface area contributed by atoms with E-state index >= 15 is 0 Å². The van der Waals surface area contributed by atoms with Crippen molar-refractivity contribution in [1.82, 2.24) is 4.90 Å². The molecule has 0 unspecified atom stereocenters. The van der Waals surface area contributed by atoms with Gasteiger partial charge in [0.15, 0.2) is 16.7 Å². The van der Waals surface area contributed by atoms with Crippen molar-refractivity contribution >= 4 is 34.2 Å². The summed E-state index contributed by atoms with van der Waals surface area (Å²) in [7, 11) is 4.56. The summed E-state index contributed by atoms with van der Waals surface area (Å²) in [5.41, 5.74) is 3.36. The zero-order valence-corrected chi connectivity index (χ0v) is 17.2. The zero-order valence-electron chi connectivity index (χ0n) is 16.4. The Labute approximate surface area is 173 Å². The van der Waals surface area contributed by atoms with Crippen LogP contribution >= 0.6 is 11.8 Å². The highest BCUT2D eigenvalue weighted by Gasteiger charge is 2.27. The predicted molar refractivity (Wildman–Crippen MR) is 115 cm³/mol. The Balaban J connectivity index is 1.51. The summed E-state index contributed by atoms with van der Waals surface area (Å²) in [5.74, 6) is 1.05. The first kappa shape index (κ1) is 19.2. The molecule has 2 aromatic rings. The average Bonchev–Trinajstić information content (AvgIpc) is 3.37. The lowest BCUT2D eigenvalue weighted by molar-refractivity contribution is 0.102.